The summed E-state index contributed by atoms with van der Waals surface area (Å²) >= 11 is 0. The summed E-state index contributed by atoms with van der Waals surface area (Å²) in [6.07, 6.45) is 3.84. The molecule has 0 heterocycles. The average Bonchev–Trinajstić information content (AvgIpc) is 2.42. The number of anilines is 1. The molecule has 1 fully saturated rings. The second-order valence-corrected chi connectivity index (χ2v) is 6.64. The summed E-state index contributed by atoms with van der Waals surface area (Å²) in [5.74, 6) is 0.684. The molecule has 3 heteroatoms. The highest BCUT2D eigenvalue weighted by Gasteiger charge is 2.30. The first-order chi connectivity index (χ1) is 9.97. The van der Waals surface area contributed by atoms with Crippen LogP contribution in [0.1, 0.15) is 45.1 Å². The minimum Gasteiger partial charge on any atom is -0.481 e. The highest BCUT2D eigenvalue weighted by atomic mass is 16.4. The number of benzene rings is 1. The summed E-state index contributed by atoms with van der Waals surface area (Å²) in [6.45, 7) is 7.31. The zero-order valence-electron chi connectivity index (χ0n) is 13.4. The van der Waals surface area contributed by atoms with Crippen LogP contribution in [0.5, 0.6) is 0 Å². The standard InChI is InChI=1S/C18H27NO2/c1-13-4-7-16(8-5-13)19(11-10-18(20)21)17-9-6-14(2)12-15(17)3/h4-5,7-8,14-15,17H,6,9-12H2,1-3H3,(H,20,21). The number of nitrogens with zero attached hydrogens (tertiary/aromatic N) is 1. The van der Waals surface area contributed by atoms with Crippen LogP contribution in [0.4, 0.5) is 5.69 Å². The van der Waals surface area contributed by atoms with Crippen molar-refractivity contribution in [1.82, 2.24) is 0 Å². The minimum atomic E-state index is -0.719. The number of carboxylic acid groups (broad SMARTS) is 1. The lowest BCUT2D eigenvalue weighted by molar-refractivity contribution is -0.136. The van der Waals surface area contributed by atoms with Crippen molar-refractivity contribution >= 4 is 11.7 Å². The molecule has 3 unspecified atom stereocenters. The Balaban J connectivity index is 2.18. The molecule has 1 N–H and O–H groups in total. The summed E-state index contributed by atoms with van der Waals surface area (Å²) in [5, 5.41) is 9.03. The van der Waals surface area contributed by atoms with E-state index >= 15 is 0 Å². The van der Waals surface area contributed by atoms with Gasteiger partial charge in [0.05, 0.1) is 6.42 Å². The van der Waals surface area contributed by atoms with Crippen LogP contribution in [0.3, 0.4) is 0 Å². The van der Waals surface area contributed by atoms with Gasteiger partial charge in [-0.05, 0) is 50.2 Å². The van der Waals surface area contributed by atoms with E-state index in [0.29, 0.717) is 18.5 Å². The van der Waals surface area contributed by atoms with Crippen molar-refractivity contribution in [1.29, 1.82) is 0 Å². The molecule has 1 aliphatic rings. The van der Waals surface area contributed by atoms with Crippen molar-refractivity contribution in [2.75, 3.05) is 11.4 Å². The highest BCUT2D eigenvalue weighted by molar-refractivity contribution is 5.67. The van der Waals surface area contributed by atoms with Gasteiger partial charge in [-0.1, -0.05) is 31.5 Å². The van der Waals surface area contributed by atoms with Crippen molar-refractivity contribution in [2.45, 2.75) is 52.5 Å². The zero-order chi connectivity index (χ0) is 15.4. The van der Waals surface area contributed by atoms with E-state index < -0.39 is 5.97 Å². The summed E-state index contributed by atoms with van der Waals surface area (Å²) < 4.78 is 0. The molecule has 0 saturated heterocycles. The molecule has 2 rings (SSSR count). The molecule has 21 heavy (non-hydrogen) atoms. The van der Waals surface area contributed by atoms with E-state index in [2.05, 4.69) is 49.9 Å². The van der Waals surface area contributed by atoms with Gasteiger partial charge < -0.3 is 10.0 Å². The van der Waals surface area contributed by atoms with Crippen molar-refractivity contribution in [3.63, 3.8) is 0 Å². The third-order valence-corrected chi connectivity index (χ3v) is 4.72. The summed E-state index contributed by atoms with van der Waals surface area (Å²) in [4.78, 5) is 13.3. The van der Waals surface area contributed by atoms with Gasteiger partial charge >= 0.3 is 5.97 Å². The summed E-state index contributed by atoms with van der Waals surface area (Å²) in [5.41, 5.74) is 2.40. The number of hydrogen-bond donors (Lipinski definition) is 1. The number of aliphatic carboxylic acids is 1. The molecule has 0 radical (unpaired) electrons. The molecular weight excluding hydrogens is 262 g/mol. The van der Waals surface area contributed by atoms with Crippen molar-refractivity contribution in [2.24, 2.45) is 11.8 Å². The fourth-order valence-electron chi connectivity index (χ4n) is 3.55. The zero-order valence-corrected chi connectivity index (χ0v) is 13.4. The lowest BCUT2D eigenvalue weighted by Gasteiger charge is -2.42. The van der Waals surface area contributed by atoms with Gasteiger partial charge in [0, 0.05) is 18.3 Å². The van der Waals surface area contributed by atoms with E-state index in [1.54, 1.807) is 0 Å². The molecule has 0 bridgehead atoms. The van der Waals surface area contributed by atoms with Gasteiger partial charge in [0.25, 0.3) is 0 Å². The van der Waals surface area contributed by atoms with Gasteiger partial charge in [0.2, 0.25) is 0 Å². The molecule has 1 aromatic rings. The molecule has 1 aliphatic carbocycles. The largest absolute Gasteiger partial charge is 0.481 e. The molecule has 1 saturated carbocycles. The first-order valence-electron chi connectivity index (χ1n) is 8.02. The number of rotatable bonds is 5. The van der Waals surface area contributed by atoms with Crippen LogP contribution >= 0.6 is 0 Å². The molecular formula is C18H27NO2. The van der Waals surface area contributed by atoms with Gasteiger partial charge in [-0.3, -0.25) is 4.79 Å². The number of carboxylic acids is 1. The Morgan fingerprint density at radius 3 is 2.48 bits per heavy atom. The van der Waals surface area contributed by atoms with Crippen LogP contribution < -0.4 is 4.90 Å². The predicted octanol–water partition coefficient (Wildman–Crippen LogP) is 4.10. The third kappa shape index (κ3) is 4.23. The monoisotopic (exact) mass is 289 g/mol. The maximum atomic E-state index is 11.0. The fraction of sp³-hybridized carbons (Fsp3) is 0.611. The second kappa shape index (κ2) is 6.97. The van der Waals surface area contributed by atoms with Gasteiger partial charge in [-0.2, -0.15) is 0 Å². The Labute approximate surface area is 128 Å². The summed E-state index contributed by atoms with van der Waals surface area (Å²) in [6, 6.07) is 8.94. The molecule has 3 atom stereocenters. The van der Waals surface area contributed by atoms with Crippen molar-refractivity contribution in [3.05, 3.63) is 29.8 Å². The lowest BCUT2D eigenvalue weighted by Crippen LogP contribution is -2.44. The first kappa shape index (κ1) is 15.9. The maximum Gasteiger partial charge on any atom is 0.305 e. The molecule has 116 valence electrons. The van der Waals surface area contributed by atoms with Gasteiger partial charge in [0.1, 0.15) is 0 Å². The maximum absolute atomic E-state index is 11.0. The Morgan fingerprint density at radius 1 is 1.24 bits per heavy atom. The van der Waals surface area contributed by atoms with Crippen molar-refractivity contribution in [3.8, 4) is 0 Å². The van der Waals surface area contributed by atoms with Crippen LogP contribution in [0.25, 0.3) is 0 Å². The fourth-order valence-corrected chi connectivity index (χ4v) is 3.55. The van der Waals surface area contributed by atoms with E-state index in [9.17, 15) is 4.79 Å². The van der Waals surface area contributed by atoms with Crippen LogP contribution in [-0.2, 0) is 4.79 Å². The Hall–Kier alpha value is -1.51. The van der Waals surface area contributed by atoms with Crippen LogP contribution in [0, 0.1) is 18.8 Å². The molecule has 0 amide bonds. The summed E-state index contributed by atoms with van der Waals surface area (Å²) in [7, 11) is 0. The Bertz CT molecular complexity index is 469. The van der Waals surface area contributed by atoms with Crippen LogP contribution in [0.2, 0.25) is 0 Å². The van der Waals surface area contributed by atoms with Gasteiger partial charge in [0.15, 0.2) is 0 Å². The SMILES string of the molecule is Cc1ccc(N(CCC(=O)O)C2CCC(C)CC2C)cc1. The highest BCUT2D eigenvalue weighted by Crippen LogP contribution is 2.34. The normalized spacial score (nSPS) is 25.6. The van der Waals surface area contributed by atoms with E-state index in [1.807, 2.05) is 0 Å². The quantitative estimate of drug-likeness (QED) is 0.887. The topological polar surface area (TPSA) is 40.5 Å². The van der Waals surface area contributed by atoms with E-state index in [-0.39, 0.29) is 6.42 Å². The molecule has 1 aromatic carbocycles. The lowest BCUT2D eigenvalue weighted by atomic mass is 9.79. The molecule has 0 aromatic heterocycles. The van der Waals surface area contributed by atoms with E-state index in [0.717, 1.165) is 18.0 Å². The predicted molar refractivity (Wildman–Crippen MR) is 86.7 cm³/mol. The second-order valence-electron chi connectivity index (χ2n) is 6.64. The Morgan fingerprint density at radius 2 is 1.90 bits per heavy atom. The average molecular weight is 289 g/mol. The minimum absolute atomic E-state index is 0.201. The number of carbonyl (C=O) groups is 1. The molecule has 3 nitrogen and oxygen atoms in total. The van der Waals surface area contributed by atoms with Crippen LogP contribution in [-0.4, -0.2) is 23.7 Å². The van der Waals surface area contributed by atoms with Gasteiger partial charge in [-0.15, -0.1) is 0 Å². The number of hydrogen-bond acceptors (Lipinski definition) is 2. The smallest absolute Gasteiger partial charge is 0.305 e. The first-order valence-corrected chi connectivity index (χ1v) is 8.02. The third-order valence-electron chi connectivity index (χ3n) is 4.72. The number of aryl methyl sites for hydroxylation is 1. The Kier molecular flexibility index (Phi) is 5.27. The molecule has 0 spiro atoms. The van der Waals surface area contributed by atoms with Gasteiger partial charge in [-0.25, -0.2) is 0 Å². The molecule has 0 aliphatic heterocycles. The van der Waals surface area contributed by atoms with E-state index in [1.165, 1.54) is 18.4 Å². The van der Waals surface area contributed by atoms with Crippen LogP contribution in [0.15, 0.2) is 24.3 Å². The van der Waals surface area contributed by atoms with Crippen molar-refractivity contribution < 1.29 is 9.90 Å². The van der Waals surface area contributed by atoms with E-state index in [4.69, 9.17) is 5.11 Å².